The molecular weight excluding hydrogens is 247 g/mol. The molecule has 0 aromatic carbocycles. The summed E-state index contributed by atoms with van der Waals surface area (Å²) in [6.07, 6.45) is 5.40. The van der Waals surface area contributed by atoms with E-state index in [-0.39, 0.29) is 12.2 Å². The molecule has 0 aliphatic carbocycles. The predicted molar refractivity (Wildman–Crippen MR) is 62.5 cm³/mol. The molecule has 0 aromatic rings. The lowest BCUT2D eigenvalue weighted by atomic mass is 10.1. The zero-order chi connectivity index (χ0) is 13.3. The first kappa shape index (κ1) is 16.3. The highest BCUT2D eigenvalue weighted by atomic mass is 31.2. The van der Waals surface area contributed by atoms with Crippen molar-refractivity contribution in [2.24, 2.45) is 0 Å². The van der Waals surface area contributed by atoms with Crippen LogP contribution in [0.5, 0.6) is 0 Å². The summed E-state index contributed by atoms with van der Waals surface area (Å²) in [5.74, 6) is -1.07. The zero-order valence-electron chi connectivity index (χ0n) is 9.83. The van der Waals surface area contributed by atoms with Gasteiger partial charge in [0, 0.05) is 5.57 Å². The Kier molecular flexibility index (Phi) is 8.08. The van der Waals surface area contributed by atoms with Crippen LogP contribution in [0.4, 0.5) is 0 Å². The maximum absolute atomic E-state index is 10.8. The van der Waals surface area contributed by atoms with Gasteiger partial charge in [-0.2, -0.15) is 0 Å². The van der Waals surface area contributed by atoms with E-state index in [1.54, 1.807) is 0 Å². The van der Waals surface area contributed by atoms with E-state index in [4.69, 9.17) is 14.9 Å². The van der Waals surface area contributed by atoms with Crippen molar-refractivity contribution in [3.63, 3.8) is 0 Å². The summed E-state index contributed by atoms with van der Waals surface area (Å²) in [5.41, 5.74) is 0.134. The summed E-state index contributed by atoms with van der Waals surface area (Å²) in [7, 11) is -4.53. The quantitative estimate of drug-likeness (QED) is 0.335. The summed E-state index contributed by atoms with van der Waals surface area (Å²) < 4.78 is 14.5. The van der Waals surface area contributed by atoms with Gasteiger partial charge in [0.1, 0.15) is 0 Å². The highest BCUT2D eigenvalue weighted by Gasteiger charge is 2.13. The highest BCUT2D eigenvalue weighted by Crippen LogP contribution is 2.35. The Hall–Kier alpha value is -0.680. The van der Waals surface area contributed by atoms with Crippen LogP contribution in [0.15, 0.2) is 11.6 Å². The molecule has 7 heteroatoms. The van der Waals surface area contributed by atoms with Crippen LogP contribution >= 0.6 is 7.82 Å². The van der Waals surface area contributed by atoms with Crippen molar-refractivity contribution in [1.29, 1.82) is 0 Å². The molecule has 0 amide bonds. The number of phosphoric ester groups is 1. The SMILES string of the molecule is CCCCCCC(=CCOP(=O)(O)O)C(=O)O. The van der Waals surface area contributed by atoms with Crippen molar-refractivity contribution in [3.05, 3.63) is 11.6 Å². The van der Waals surface area contributed by atoms with Crippen LogP contribution in [-0.4, -0.2) is 27.5 Å². The van der Waals surface area contributed by atoms with Gasteiger partial charge in [-0.3, -0.25) is 4.52 Å². The third kappa shape index (κ3) is 10.2. The van der Waals surface area contributed by atoms with Crippen LogP contribution in [0.3, 0.4) is 0 Å². The lowest BCUT2D eigenvalue weighted by Crippen LogP contribution is -2.02. The minimum atomic E-state index is -4.53. The molecule has 0 aliphatic heterocycles. The molecule has 0 rings (SSSR count). The van der Waals surface area contributed by atoms with Gasteiger partial charge in [0.05, 0.1) is 6.61 Å². The molecule has 0 fully saturated rings. The fourth-order valence-electron chi connectivity index (χ4n) is 1.27. The topological polar surface area (TPSA) is 104 Å². The number of aliphatic carboxylic acids is 1. The molecule has 0 saturated heterocycles. The molecule has 0 aliphatic rings. The van der Waals surface area contributed by atoms with Crippen molar-refractivity contribution in [1.82, 2.24) is 0 Å². The van der Waals surface area contributed by atoms with Crippen molar-refractivity contribution < 1.29 is 28.8 Å². The summed E-state index contributed by atoms with van der Waals surface area (Å²) in [6, 6.07) is 0. The lowest BCUT2D eigenvalue weighted by Gasteiger charge is -2.04. The minimum absolute atomic E-state index is 0.134. The first-order valence-corrected chi connectivity index (χ1v) is 7.02. The van der Waals surface area contributed by atoms with Gasteiger partial charge in [-0.15, -0.1) is 0 Å². The standard InChI is InChI=1S/C10H19O6P/c1-2-3-4-5-6-9(10(11)12)7-8-16-17(13,14)15/h7H,2-6,8H2,1H3,(H,11,12)(H2,13,14,15). The number of carboxylic acid groups (broad SMARTS) is 1. The fraction of sp³-hybridized carbons (Fsp3) is 0.700. The Morgan fingerprint density at radius 3 is 2.41 bits per heavy atom. The normalized spacial score (nSPS) is 12.8. The second kappa shape index (κ2) is 8.42. The summed E-state index contributed by atoms with van der Waals surface area (Å²) in [6.45, 7) is 1.67. The van der Waals surface area contributed by atoms with Crippen LogP contribution in [-0.2, 0) is 13.9 Å². The largest absolute Gasteiger partial charge is 0.478 e. The van der Waals surface area contributed by atoms with Crippen molar-refractivity contribution in [3.8, 4) is 0 Å². The third-order valence-electron chi connectivity index (χ3n) is 2.15. The average molecular weight is 266 g/mol. The number of rotatable bonds is 9. The van der Waals surface area contributed by atoms with Crippen LogP contribution in [0.1, 0.15) is 39.0 Å². The van der Waals surface area contributed by atoms with Crippen molar-refractivity contribution in [2.75, 3.05) is 6.61 Å². The number of carbonyl (C=O) groups is 1. The molecule has 0 heterocycles. The Labute approximate surface area is 101 Å². The predicted octanol–water partition coefficient (Wildman–Crippen LogP) is 2.08. The van der Waals surface area contributed by atoms with Gasteiger partial charge in [0.15, 0.2) is 0 Å². The Bertz CT molecular complexity index is 306. The van der Waals surface area contributed by atoms with E-state index >= 15 is 0 Å². The molecule has 6 nitrogen and oxygen atoms in total. The van der Waals surface area contributed by atoms with E-state index < -0.39 is 13.8 Å². The van der Waals surface area contributed by atoms with Gasteiger partial charge in [0.2, 0.25) is 0 Å². The first-order chi connectivity index (χ1) is 7.87. The molecule has 17 heavy (non-hydrogen) atoms. The zero-order valence-corrected chi connectivity index (χ0v) is 10.7. The van der Waals surface area contributed by atoms with Crippen molar-refractivity contribution >= 4 is 13.8 Å². The van der Waals surface area contributed by atoms with Gasteiger partial charge < -0.3 is 14.9 Å². The van der Waals surface area contributed by atoms with E-state index in [1.165, 1.54) is 6.08 Å². The third-order valence-corrected chi connectivity index (χ3v) is 2.63. The number of unbranched alkanes of at least 4 members (excludes halogenated alkanes) is 3. The summed E-state index contributed by atoms with van der Waals surface area (Å²) in [4.78, 5) is 27.7. The molecule has 0 saturated carbocycles. The molecular formula is C10H19O6P. The molecule has 100 valence electrons. The number of carboxylic acids is 1. The van der Waals surface area contributed by atoms with Crippen molar-refractivity contribution in [2.45, 2.75) is 39.0 Å². The molecule has 0 atom stereocenters. The lowest BCUT2D eigenvalue weighted by molar-refractivity contribution is -0.132. The number of hydrogen-bond donors (Lipinski definition) is 3. The van der Waals surface area contributed by atoms with E-state index in [0.29, 0.717) is 6.42 Å². The smallest absolute Gasteiger partial charge is 0.469 e. The van der Waals surface area contributed by atoms with Gasteiger partial charge in [0.25, 0.3) is 0 Å². The Morgan fingerprint density at radius 2 is 1.94 bits per heavy atom. The minimum Gasteiger partial charge on any atom is -0.478 e. The molecule has 0 radical (unpaired) electrons. The summed E-state index contributed by atoms with van der Waals surface area (Å²) >= 11 is 0. The van der Waals surface area contributed by atoms with E-state index in [9.17, 15) is 9.36 Å². The fourth-order valence-corrected chi connectivity index (χ4v) is 1.54. The second-order valence-electron chi connectivity index (χ2n) is 3.63. The van der Waals surface area contributed by atoms with Crippen LogP contribution in [0.2, 0.25) is 0 Å². The maximum Gasteiger partial charge on any atom is 0.469 e. The van der Waals surface area contributed by atoms with E-state index in [1.807, 2.05) is 0 Å². The van der Waals surface area contributed by atoms with E-state index in [0.717, 1.165) is 25.7 Å². The van der Waals surface area contributed by atoms with Crippen LogP contribution < -0.4 is 0 Å². The van der Waals surface area contributed by atoms with Gasteiger partial charge >= 0.3 is 13.8 Å². The second-order valence-corrected chi connectivity index (χ2v) is 4.87. The monoisotopic (exact) mass is 266 g/mol. The first-order valence-electron chi connectivity index (χ1n) is 5.49. The van der Waals surface area contributed by atoms with Crippen LogP contribution in [0.25, 0.3) is 0 Å². The highest BCUT2D eigenvalue weighted by molar-refractivity contribution is 7.46. The number of phosphoric acid groups is 1. The Balaban J connectivity index is 4.09. The van der Waals surface area contributed by atoms with Crippen LogP contribution in [0, 0.1) is 0 Å². The van der Waals surface area contributed by atoms with Gasteiger partial charge in [-0.25, -0.2) is 9.36 Å². The molecule has 0 aromatic heterocycles. The molecule has 3 N–H and O–H groups in total. The molecule has 0 unspecified atom stereocenters. The average Bonchev–Trinajstić information content (AvgIpc) is 2.19. The van der Waals surface area contributed by atoms with E-state index in [2.05, 4.69) is 11.4 Å². The Morgan fingerprint density at radius 1 is 1.29 bits per heavy atom. The summed E-state index contributed by atoms with van der Waals surface area (Å²) in [5, 5.41) is 8.84. The molecule has 0 bridgehead atoms. The maximum atomic E-state index is 10.8. The van der Waals surface area contributed by atoms with Gasteiger partial charge in [-0.1, -0.05) is 26.2 Å². The number of hydrogen-bond acceptors (Lipinski definition) is 3. The molecule has 0 spiro atoms. The van der Waals surface area contributed by atoms with Gasteiger partial charge in [-0.05, 0) is 18.9 Å².